The Labute approximate surface area is 197 Å². The van der Waals surface area contributed by atoms with Gasteiger partial charge in [-0.25, -0.2) is 0 Å². The molecule has 33 heavy (non-hydrogen) atoms. The van der Waals surface area contributed by atoms with Crippen LogP contribution in [0.2, 0.25) is 0 Å². The quantitative estimate of drug-likeness (QED) is 0.344. The Morgan fingerprint density at radius 1 is 0.879 bits per heavy atom. The van der Waals surface area contributed by atoms with E-state index in [1.807, 2.05) is 42.5 Å². The van der Waals surface area contributed by atoms with E-state index in [-0.39, 0.29) is 23.5 Å². The lowest BCUT2D eigenvalue weighted by molar-refractivity contribution is -0.118. The monoisotopic (exact) mass is 461 g/mol. The smallest absolute Gasteiger partial charge is 0.262 e. The summed E-state index contributed by atoms with van der Waals surface area (Å²) in [4.78, 5) is 24.3. The van der Waals surface area contributed by atoms with Crippen molar-refractivity contribution in [3.05, 3.63) is 90.5 Å². The van der Waals surface area contributed by atoms with E-state index in [9.17, 15) is 9.59 Å². The van der Waals surface area contributed by atoms with Crippen LogP contribution in [0, 0.1) is 0 Å². The van der Waals surface area contributed by atoms with Gasteiger partial charge in [-0.2, -0.15) is 0 Å². The molecule has 0 aromatic heterocycles. The molecule has 0 fully saturated rings. The predicted octanol–water partition coefficient (Wildman–Crippen LogP) is 4.24. The van der Waals surface area contributed by atoms with Crippen molar-refractivity contribution in [2.45, 2.75) is 0 Å². The topological polar surface area (TPSA) is 88.7 Å². The van der Waals surface area contributed by atoms with Crippen molar-refractivity contribution in [2.24, 2.45) is 0 Å². The molecule has 8 heteroatoms. The zero-order valence-corrected chi connectivity index (χ0v) is 18.7. The fraction of sp³-hybridized carbons (Fsp3) is 0.0800. The summed E-state index contributed by atoms with van der Waals surface area (Å²) in [5.74, 6) is 0.690. The van der Waals surface area contributed by atoms with Gasteiger partial charge < -0.3 is 20.1 Å². The lowest BCUT2D eigenvalue weighted by Crippen LogP contribution is -2.32. The molecule has 2 amide bonds. The summed E-state index contributed by atoms with van der Waals surface area (Å²) in [6.07, 6.45) is 3.06. The van der Waals surface area contributed by atoms with E-state index in [1.54, 1.807) is 49.6 Å². The number of carbonyl (C=O) groups is 2. The van der Waals surface area contributed by atoms with Crippen LogP contribution in [0.25, 0.3) is 6.08 Å². The van der Waals surface area contributed by atoms with Crippen LogP contribution in [-0.4, -0.2) is 30.6 Å². The molecule has 0 bridgehead atoms. The first-order chi connectivity index (χ1) is 16.0. The van der Waals surface area contributed by atoms with Crippen molar-refractivity contribution in [1.29, 1.82) is 0 Å². The summed E-state index contributed by atoms with van der Waals surface area (Å²) in [5, 5.41) is 8.40. The molecule has 0 aliphatic carbocycles. The fourth-order valence-corrected chi connectivity index (χ4v) is 2.96. The van der Waals surface area contributed by atoms with Crippen molar-refractivity contribution < 1.29 is 19.1 Å². The molecule has 3 aromatic rings. The molecular formula is C25H23N3O4S. The standard InChI is InChI=1S/C25H23N3O4S/c1-31-21-13-10-18(11-14-21)12-15-23(29)28-25(33)27-20-7-5-6-19(16-20)26-24(30)17-32-22-8-3-2-4-9-22/h2-16H,17H2,1H3,(H,26,30)(H2,27,28,29,33)/b15-12+. The van der Waals surface area contributed by atoms with Gasteiger partial charge in [0.25, 0.3) is 5.91 Å². The number of nitrogens with one attached hydrogen (secondary N) is 3. The molecule has 0 heterocycles. The molecule has 0 radical (unpaired) electrons. The molecule has 7 nitrogen and oxygen atoms in total. The van der Waals surface area contributed by atoms with E-state index in [1.165, 1.54) is 6.08 Å². The lowest BCUT2D eigenvalue weighted by Gasteiger charge is -2.11. The fourth-order valence-electron chi connectivity index (χ4n) is 2.74. The third kappa shape index (κ3) is 8.12. The number of thiocarbonyl (C=S) groups is 1. The van der Waals surface area contributed by atoms with E-state index >= 15 is 0 Å². The van der Waals surface area contributed by atoms with Gasteiger partial charge in [-0.1, -0.05) is 36.4 Å². The average Bonchev–Trinajstić information content (AvgIpc) is 2.82. The third-order valence-corrected chi connectivity index (χ3v) is 4.50. The van der Waals surface area contributed by atoms with Gasteiger partial charge in [0, 0.05) is 17.5 Å². The highest BCUT2D eigenvalue weighted by atomic mass is 32.1. The highest BCUT2D eigenvalue weighted by Gasteiger charge is 2.06. The Bertz CT molecular complexity index is 1130. The number of hydrogen-bond donors (Lipinski definition) is 3. The summed E-state index contributed by atoms with van der Waals surface area (Å²) in [6, 6.07) is 23.3. The van der Waals surface area contributed by atoms with Gasteiger partial charge in [0.1, 0.15) is 11.5 Å². The second-order valence-electron chi connectivity index (χ2n) is 6.78. The molecular weight excluding hydrogens is 438 g/mol. The Hall–Kier alpha value is -4.17. The lowest BCUT2D eigenvalue weighted by atomic mass is 10.2. The number of anilines is 2. The highest BCUT2D eigenvalue weighted by molar-refractivity contribution is 7.80. The molecule has 0 spiro atoms. The number of rotatable bonds is 8. The number of methoxy groups -OCH3 is 1. The minimum absolute atomic E-state index is 0.114. The first-order valence-electron chi connectivity index (χ1n) is 10.0. The Balaban J connectivity index is 1.47. The van der Waals surface area contributed by atoms with Crippen LogP contribution >= 0.6 is 12.2 Å². The number of hydrogen-bond acceptors (Lipinski definition) is 5. The summed E-state index contributed by atoms with van der Waals surface area (Å²) < 4.78 is 10.5. The van der Waals surface area contributed by atoms with Crippen LogP contribution in [0.1, 0.15) is 5.56 Å². The molecule has 0 unspecified atom stereocenters. The average molecular weight is 462 g/mol. The summed E-state index contributed by atoms with van der Waals surface area (Å²) in [5.41, 5.74) is 2.03. The Morgan fingerprint density at radius 2 is 1.58 bits per heavy atom. The van der Waals surface area contributed by atoms with E-state index in [0.717, 1.165) is 11.3 Å². The summed E-state index contributed by atoms with van der Waals surface area (Å²) in [6.45, 7) is -0.114. The molecule has 3 aromatic carbocycles. The van der Waals surface area contributed by atoms with Gasteiger partial charge >= 0.3 is 0 Å². The van der Waals surface area contributed by atoms with Gasteiger partial charge in [-0.15, -0.1) is 0 Å². The van der Waals surface area contributed by atoms with Crippen LogP contribution in [0.3, 0.4) is 0 Å². The number of benzene rings is 3. The number of para-hydroxylation sites is 1. The molecule has 168 valence electrons. The zero-order valence-electron chi connectivity index (χ0n) is 17.9. The molecule has 0 saturated carbocycles. The summed E-state index contributed by atoms with van der Waals surface area (Å²) in [7, 11) is 1.59. The number of carbonyl (C=O) groups excluding carboxylic acids is 2. The second kappa shape index (κ2) is 12.0. The molecule has 3 rings (SSSR count). The van der Waals surface area contributed by atoms with Crippen LogP contribution in [0.15, 0.2) is 84.9 Å². The van der Waals surface area contributed by atoms with Crippen molar-refractivity contribution >= 4 is 46.6 Å². The SMILES string of the molecule is COc1ccc(/C=C/C(=O)NC(=S)Nc2cccc(NC(=O)COc3ccccc3)c2)cc1. The van der Waals surface area contributed by atoms with Crippen LogP contribution in [-0.2, 0) is 9.59 Å². The van der Waals surface area contributed by atoms with Crippen LogP contribution < -0.4 is 25.4 Å². The Kier molecular flexibility index (Phi) is 8.55. The zero-order chi connectivity index (χ0) is 23.5. The minimum Gasteiger partial charge on any atom is -0.497 e. The van der Waals surface area contributed by atoms with E-state index in [4.69, 9.17) is 21.7 Å². The van der Waals surface area contributed by atoms with E-state index in [2.05, 4.69) is 16.0 Å². The maximum atomic E-state index is 12.1. The molecule has 0 aliphatic heterocycles. The first-order valence-corrected chi connectivity index (χ1v) is 10.4. The largest absolute Gasteiger partial charge is 0.497 e. The number of ether oxygens (including phenoxy) is 2. The van der Waals surface area contributed by atoms with E-state index < -0.39 is 0 Å². The maximum absolute atomic E-state index is 12.1. The summed E-state index contributed by atoms with van der Waals surface area (Å²) >= 11 is 5.20. The first kappa shape index (κ1) is 23.5. The minimum atomic E-state index is -0.370. The van der Waals surface area contributed by atoms with Crippen molar-refractivity contribution in [3.8, 4) is 11.5 Å². The van der Waals surface area contributed by atoms with Gasteiger partial charge in [0.2, 0.25) is 5.91 Å². The highest BCUT2D eigenvalue weighted by Crippen LogP contribution is 2.16. The Morgan fingerprint density at radius 3 is 2.27 bits per heavy atom. The molecule has 3 N–H and O–H groups in total. The molecule has 0 saturated heterocycles. The number of amides is 2. The van der Waals surface area contributed by atoms with Gasteiger partial charge in [-0.3, -0.25) is 14.9 Å². The van der Waals surface area contributed by atoms with Crippen molar-refractivity contribution in [3.63, 3.8) is 0 Å². The third-order valence-electron chi connectivity index (χ3n) is 4.30. The second-order valence-corrected chi connectivity index (χ2v) is 7.19. The van der Waals surface area contributed by atoms with E-state index in [0.29, 0.717) is 17.1 Å². The van der Waals surface area contributed by atoms with Gasteiger partial charge in [-0.05, 0) is 66.3 Å². The van der Waals surface area contributed by atoms with Crippen LogP contribution in [0.5, 0.6) is 11.5 Å². The van der Waals surface area contributed by atoms with Crippen molar-refractivity contribution in [2.75, 3.05) is 24.4 Å². The predicted molar refractivity (Wildman–Crippen MR) is 133 cm³/mol. The normalized spacial score (nSPS) is 10.3. The van der Waals surface area contributed by atoms with Crippen molar-refractivity contribution in [1.82, 2.24) is 5.32 Å². The molecule has 0 aliphatic rings. The maximum Gasteiger partial charge on any atom is 0.262 e. The van der Waals surface area contributed by atoms with Gasteiger partial charge in [0.05, 0.1) is 7.11 Å². The van der Waals surface area contributed by atoms with Gasteiger partial charge in [0.15, 0.2) is 11.7 Å². The molecule has 0 atom stereocenters. The van der Waals surface area contributed by atoms with Crippen LogP contribution in [0.4, 0.5) is 11.4 Å².